The second-order valence-corrected chi connectivity index (χ2v) is 6.01. The highest BCUT2D eigenvalue weighted by Crippen LogP contribution is 2.27. The summed E-state index contributed by atoms with van der Waals surface area (Å²) in [5, 5.41) is 10.1. The Balaban J connectivity index is 1.57. The Hall–Kier alpha value is -0.0800. The maximum absolute atomic E-state index is 10.1. The average molecular weight is 240 g/mol. The summed E-state index contributed by atoms with van der Waals surface area (Å²) >= 11 is 0. The smallest absolute Gasteiger partial charge is 0.0801 e. The van der Waals surface area contributed by atoms with E-state index in [4.69, 9.17) is 4.74 Å². The van der Waals surface area contributed by atoms with E-state index in [0.29, 0.717) is 12.5 Å². The molecule has 0 aromatic carbocycles. The largest absolute Gasteiger partial charge is 0.390 e. The van der Waals surface area contributed by atoms with Crippen LogP contribution in [-0.4, -0.2) is 24.4 Å². The van der Waals surface area contributed by atoms with Gasteiger partial charge >= 0.3 is 0 Å². The van der Waals surface area contributed by atoms with Gasteiger partial charge in [0.05, 0.1) is 12.7 Å². The first-order chi connectivity index (χ1) is 8.36. The minimum Gasteiger partial charge on any atom is -0.390 e. The molecule has 2 aliphatic rings. The quantitative estimate of drug-likeness (QED) is 0.796. The zero-order valence-electron chi connectivity index (χ0n) is 11.1. The Kier molecular flexibility index (Phi) is 5.79. The van der Waals surface area contributed by atoms with Crippen molar-refractivity contribution in [3.63, 3.8) is 0 Å². The first-order valence-electron chi connectivity index (χ1n) is 7.62. The Morgan fingerprint density at radius 1 is 0.882 bits per heavy atom. The van der Waals surface area contributed by atoms with Gasteiger partial charge in [0.25, 0.3) is 0 Å². The van der Waals surface area contributed by atoms with Gasteiger partial charge < -0.3 is 9.84 Å². The normalized spacial score (nSPS) is 25.9. The van der Waals surface area contributed by atoms with Crippen molar-refractivity contribution in [2.45, 2.75) is 70.3 Å². The molecule has 0 aromatic rings. The van der Waals surface area contributed by atoms with E-state index >= 15 is 0 Å². The standard InChI is InChI=1S/C15H28O2/c16-15(14-9-5-2-6-10-14)12-17-11-13-7-3-1-4-8-13/h13-16H,1-12H2. The number of aliphatic hydroxyl groups is 1. The van der Waals surface area contributed by atoms with Gasteiger partial charge in [0.15, 0.2) is 0 Å². The molecule has 1 N–H and O–H groups in total. The molecule has 2 nitrogen and oxygen atoms in total. The number of rotatable bonds is 5. The minimum absolute atomic E-state index is 0.209. The second kappa shape index (κ2) is 7.38. The lowest BCUT2D eigenvalue weighted by atomic mass is 9.85. The van der Waals surface area contributed by atoms with Gasteiger partial charge in [0.1, 0.15) is 0 Å². The monoisotopic (exact) mass is 240 g/mol. The topological polar surface area (TPSA) is 29.5 Å². The van der Waals surface area contributed by atoms with Crippen LogP contribution in [0.25, 0.3) is 0 Å². The first kappa shape index (κ1) is 13.4. The maximum atomic E-state index is 10.1. The molecule has 17 heavy (non-hydrogen) atoms. The van der Waals surface area contributed by atoms with Gasteiger partial charge in [-0.25, -0.2) is 0 Å². The van der Waals surface area contributed by atoms with E-state index < -0.39 is 0 Å². The van der Waals surface area contributed by atoms with Crippen molar-refractivity contribution < 1.29 is 9.84 Å². The molecule has 0 bridgehead atoms. The molecule has 1 atom stereocenters. The number of hydrogen-bond acceptors (Lipinski definition) is 2. The van der Waals surface area contributed by atoms with Crippen LogP contribution in [0.5, 0.6) is 0 Å². The van der Waals surface area contributed by atoms with Crippen LogP contribution >= 0.6 is 0 Å². The van der Waals surface area contributed by atoms with Gasteiger partial charge in [-0.15, -0.1) is 0 Å². The predicted octanol–water partition coefficient (Wildman–Crippen LogP) is 3.52. The number of aliphatic hydroxyl groups excluding tert-OH is 1. The molecule has 2 heteroatoms. The summed E-state index contributed by atoms with van der Waals surface area (Å²) in [6.07, 6.45) is 13.0. The van der Waals surface area contributed by atoms with Crippen LogP contribution < -0.4 is 0 Å². The van der Waals surface area contributed by atoms with E-state index in [2.05, 4.69) is 0 Å². The van der Waals surface area contributed by atoms with E-state index in [-0.39, 0.29) is 6.10 Å². The third-order valence-electron chi connectivity index (χ3n) is 4.56. The van der Waals surface area contributed by atoms with Crippen molar-refractivity contribution in [3.8, 4) is 0 Å². The molecular formula is C15H28O2. The summed E-state index contributed by atoms with van der Waals surface area (Å²) in [6.45, 7) is 1.45. The number of ether oxygens (including phenoxy) is 1. The summed E-state index contributed by atoms with van der Waals surface area (Å²) in [5.74, 6) is 1.28. The fourth-order valence-corrected chi connectivity index (χ4v) is 3.36. The van der Waals surface area contributed by atoms with Gasteiger partial charge in [-0.1, -0.05) is 38.5 Å². The summed E-state index contributed by atoms with van der Waals surface area (Å²) in [6, 6.07) is 0. The van der Waals surface area contributed by atoms with Crippen molar-refractivity contribution in [2.75, 3.05) is 13.2 Å². The lowest BCUT2D eigenvalue weighted by molar-refractivity contribution is -0.0182. The van der Waals surface area contributed by atoms with Crippen LogP contribution in [-0.2, 0) is 4.74 Å². The highest BCUT2D eigenvalue weighted by atomic mass is 16.5. The lowest BCUT2D eigenvalue weighted by Gasteiger charge is -2.27. The van der Waals surface area contributed by atoms with E-state index in [1.54, 1.807) is 0 Å². The van der Waals surface area contributed by atoms with Crippen LogP contribution in [0.4, 0.5) is 0 Å². The van der Waals surface area contributed by atoms with E-state index in [0.717, 1.165) is 12.5 Å². The third-order valence-corrected chi connectivity index (χ3v) is 4.56. The average Bonchev–Trinajstić information content (AvgIpc) is 2.41. The molecule has 0 saturated heterocycles. The molecule has 0 aromatic heterocycles. The van der Waals surface area contributed by atoms with Crippen LogP contribution in [0, 0.1) is 11.8 Å². The summed E-state index contributed by atoms with van der Waals surface area (Å²) < 4.78 is 5.74. The third kappa shape index (κ3) is 4.59. The maximum Gasteiger partial charge on any atom is 0.0801 e. The molecule has 1 unspecified atom stereocenters. The van der Waals surface area contributed by atoms with E-state index in [1.165, 1.54) is 64.2 Å². The van der Waals surface area contributed by atoms with Crippen molar-refractivity contribution in [1.82, 2.24) is 0 Å². The van der Waals surface area contributed by atoms with Gasteiger partial charge in [0.2, 0.25) is 0 Å². The lowest BCUT2D eigenvalue weighted by Crippen LogP contribution is -2.28. The Bertz CT molecular complexity index is 193. The molecule has 100 valence electrons. The van der Waals surface area contributed by atoms with Crippen LogP contribution in [0.2, 0.25) is 0 Å². The fraction of sp³-hybridized carbons (Fsp3) is 1.00. The molecule has 0 radical (unpaired) electrons. The molecule has 0 heterocycles. The molecule has 2 aliphatic carbocycles. The summed E-state index contributed by atoms with van der Waals surface area (Å²) in [7, 11) is 0. The summed E-state index contributed by atoms with van der Waals surface area (Å²) in [5.41, 5.74) is 0. The van der Waals surface area contributed by atoms with Gasteiger partial charge in [-0.2, -0.15) is 0 Å². The van der Waals surface area contributed by atoms with Crippen LogP contribution in [0.1, 0.15) is 64.2 Å². The second-order valence-electron chi connectivity index (χ2n) is 6.01. The molecule has 2 rings (SSSR count). The molecule has 0 aliphatic heterocycles. The summed E-state index contributed by atoms with van der Waals surface area (Å²) in [4.78, 5) is 0. The molecule has 0 spiro atoms. The molecule has 2 saturated carbocycles. The first-order valence-corrected chi connectivity index (χ1v) is 7.62. The van der Waals surface area contributed by atoms with Gasteiger partial charge in [-0.3, -0.25) is 0 Å². The van der Waals surface area contributed by atoms with Gasteiger partial charge in [-0.05, 0) is 37.5 Å². The van der Waals surface area contributed by atoms with E-state index in [1.807, 2.05) is 0 Å². The van der Waals surface area contributed by atoms with Crippen molar-refractivity contribution >= 4 is 0 Å². The zero-order chi connectivity index (χ0) is 11.9. The van der Waals surface area contributed by atoms with Crippen molar-refractivity contribution in [2.24, 2.45) is 11.8 Å². The predicted molar refractivity (Wildman–Crippen MR) is 70.0 cm³/mol. The SMILES string of the molecule is OC(COCC1CCCCC1)C1CCCCC1. The highest BCUT2D eigenvalue weighted by molar-refractivity contribution is 4.73. The minimum atomic E-state index is -0.209. The van der Waals surface area contributed by atoms with Crippen molar-refractivity contribution in [3.05, 3.63) is 0 Å². The Morgan fingerprint density at radius 3 is 2.12 bits per heavy atom. The molecule has 2 fully saturated rings. The Labute approximate surface area is 106 Å². The number of hydrogen-bond donors (Lipinski definition) is 1. The molecular weight excluding hydrogens is 212 g/mol. The molecule has 0 amide bonds. The van der Waals surface area contributed by atoms with E-state index in [9.17, 15) is 5.11 Å². The van der Waals surface area contributed by atoms with Crippen molar-refractivity contribution in [1.29, 1.82) is 0 Å². The fourth-order valence-electron chi connectivity index (χ4n) is 3.36. The highest BCUT2D eigenvalue weighted by Gasteiger charge is 2.22. The zero-order valence-corrected chi connectivity index (χ0v) is 11.1. The van der Waals surface area contributed by atoms with Crippen LogP contribution in [0.15, 0.2) is 0 Å². The Morgan fingerprint density at radius 2 is 1.47 bits per heavy atom. The van der Waals surface area contributed by atoms with Crippen LogP contribution in [0.3, 0.4) is 0 Å². The van der Waals surface area contributed by atoms with Gasteiger partial charge in [0, 0.05) is 6.61 Å².